The zero-order valence-corrected chi connectivity index (χ0v) is 18.0. The number of nitrogens with zero attached hydrogens (tertiary/aromatic N) is 2. The number of ether oxygens (including phenoxy) is 1. The van der Waals surface area contributed by atoms with Gasteiger partial charge in [-0.2, -0.15) is 0 Å². The van der Waals surface area contributed by atoms with Gasteiger partial charge in [0, 0.05) is 23.2 Å². The van der Waals surface area contributed by atoms with E-state index < -0.39 is 5.97 Å². The van der Waals surface area contributed by atoms with Crippen molar-refractivity contribution in [3.05, 3.63) is 77.0 Å². The van der Waals surface area contributed by atoms with Crippen LogP contribution in [0.2, 0.25) is 0 Å². The van der Waals surface area contributed by atoms with Crippen LogP contribution in [0.5, 0.6) is 5.75 Å². The van der Waals surface area contributed by atoms with E-state index >= 15 is 0 Å². The van der Waals surface area contributed by atoms with Gasteiger partial charge in [0.25, 0.3) is 0 Å². The van der Waals surface area contributed by atoms with Crippen molar-refractivity contribution in [2.24, 2.45) is 0 Å². The zero-order valence-electron chi connectivity index (χ0n) is 18.0. The normalized spacial score (nSPS) is 13.2. The first-order chi connectivity index (χ1) is 15.6. The average Bonchev–Trinajstić information content (AvgIpc) is 3.13. The molecule has 0 saturated heterocycles. The molecule has 0 atom stereocenters. The molecule has 0 aliphatic heterocycles. The Bertz CT molecular complexity index is 1310. The number of nitrogens with two attached hydrogens (primary N) is 1. The fourth-order valence-corrected chi connectivity index (χ4v) is 4.77. The highest BCUT2D eigenvalue weighted by Crippen LogP contribution is 2.39. The van der Waals surface area contributed by atoms with E-state index in [9.17, 15) is 9.90 Å². The molecule has 0 radical (unpaired) electrons. The van der Waals surface area contributed by atoms with E-state index in [1.807, 2.05) is 54.6 Å². The fourth-order valence-electron chi connectivity index (χ4n) is 4.77. The van der Waals surface area contributed by atoms with Gasteiger partial charge in [-0.1, -0.05) is 42.5 Å². The number of benzene rings is 2. The number of aryl methyl sites for hydroxylation is 1. The number of methoxy groups -OCH3 is 1. The van der Waals surface area contributed by atoms with Gasteiger partial charge in [-0.25, -0.2) is 9.78 Å². The van der Waals surface area contributed by atoms with E-state index in [-0.39, 0.29) is 5.56 Å². The van der Waals surface area contributed by atoms with Crippen LogP contribution in [0.4, 0.5) is 5.69 Å². The SMILES string of the molecule is COc1ccc(Cn2c3c(c4c(N)c(C(=O)O)c(-c5ccccc5)nc42)CCCC3)cc1. The minimum absolute atomic E-state index is 0.0821. The van der Waals surface area contributed by atoms with Crippen LogP contribution in [0, 0.1) is 0 Å². The Balaban J connectivity index is 1.78. The molecule has 2 aromatic carbocycles. The molecule has 4 aromatic rings. The van der Waals surface area contributed by atoms with Crippen molar-refractivity contribution < 1.29 is 14.6 Å². The van der Waals surface area contributed by atoms with Crippen molar-refractivity contribution in [1.82, 2.24) is 9.55 Å². The molecule has 5 rings (SSSR count). The third kappa shape index (κ3) is 3.28. The summed E-state index contributed by atoms with van der Waals surface area (Å²) >= 11 is 0. The van der Waals surface area contributed by atoms with Gasteiger partial charge < -0.3 is 20.1 Å². The molecule has 0 spiro atoms. The van der Waals surface area contributed by atoms with Crippen molar-refractivity contribution in [3.63, 3.8) is 0 Å². The number of aromatic nitrogens is 2. The Labute approximate surface area is 186 Å². The number of hydrogen-bond acceptors (Lipinski definition) is 4. The molecule has 0 unspecified atom stereocenters. The molecule has 1 aliphatic rings. The van der Waals surface area contributed by atoms with Gasteiger partial charge in [0.15, 0.2) is 0 Å². The molecule has 6 heteroatoms. The number of carboxylic acids is 1. The summed E-state index contributed by atoms with van der Waals surface area (Å²) in [5, 5.41) is 10.8. The molecule has 2 heterocycles. The van der Waals surface area contributed by atoms with Crippen molar-refractivity contribution >= 4 is 22.7 Å². The van der Waals surface area contributed by atoms with Crippen LogP contribution in [0.1, 0.15) is 40.0 Å². The Kier molecular flexibility index (Phi) is 5.05. The molecule has 0 amide bonds. The molecule has 32 heavy (non-hydrogen) atoms. The molecule has 0 saturated carbocycles. The van der Waals surface area contributed by atoms with E-state index in [1.165, 1.54) is 5.69 Å². The van der Waals surface area contributed by atoms with Crippen LogP contribution in [-0.4, -0.2) is 27.7 Å². The Morgan fingerprint density at radius 3 is 2.50 bits per heavy atom. The van der Waals surface area contributed by atoms with Gasteiger partial charge in [-0.3, -0.25) is 0 Å². The van der Waals surface area contributed by atoms with Crippen molar-refractivity contribution in [3.8, 4) is 17.0 Å². The summed E-state index contributed by atoms with van der Waals surface area (Å²) in [7, 11) is 1.66. The van der Waals surface area contributed by atoms with Crippen LogP contribution < -0.4 is 10.5 Å². The summed E-state index contributed by atoms with van der Waals surface area (Å²) in [5.74, 6) is -0.240. The highest BCUT2D eigenvalue weighted by atomic mass is 16.5. The van der Waals surface area contributed by atoms with Crippen molar-refractivity contribution in [2.45, 2.75) is 32.2 Å². The number of anilines is 1. The van der Waals surface area contributed by atoms with Crippen LogP contribution in [0.3, 0.4) is 0 Å². The van der Waals surface area contributed by atoms with Crippen LogP contribution in [0.15, 0.2) is 54.6 Å². The fraction of sp³-hybridized carbons (Fsp3) is 0.231. The Hall–Kier alpha value is -3.80. The molecule has 2 aromatic heterocycles. The maximum absolute atomic E-state index is 12.2. The number of aromatic carboxylic acids is 1. The predicted octanol–water partition coefficient (Wildman–Crippen LogP) is 4.92. The second-order valence-electron chi connectivity index (χ2n) is 8.19. The highest BCUT2D eigenvalue weighted by molar-refractivity contribution is 6.09. The van der Waals surface area contributed by atoms with Gasteiger partial charge in [0.2, 0.25) is 0 Å². The lowest BCUT2D eigenvalue weighted by Crippen LogP contribution is -2.10. The number of hydrogen-bond donors (Lipinski definition) is 2. The summed E-state index contributed by atoms with van der Waals surface area (Å²) in [5.41, 5.74) is 12.4. The number of fused-ring (bicyclic) bond motifs is 3. The van der Waals surface area contributed by atoms with Gasteiger partial charge in [0.05, 0.1) is 18.5 Å². The minimum Gasteiger partial charge on any atom is -0.497 e. The summed E-state index contributed by atoms with van der Waals surface area (Å²) in [6.45, 7) is 0.642. The standard InChI is InChI=1S/C26H25N3O3/c1-32-18-13-11-16(12-14-18)15-29-20-10-6-5-9-19(20)21-23(27)22(26(30)31)24(28-25(21)29)17-7-3-2-4-8-17/h2-4,7-8,11-14H,5-6,9-10,15H2,1H3,(H2,27,28)(H,30,31). The molecule has 0 bridgehead atoms. The van der Waals surface area contributed by atoms with Gasteiger partial charge >= 0.3 is 5.97 Å². The second-order valence-corrected chi connectivity index (χ2v) is 8.19. The largest absolute Gasteiger partial charge is 0.497 e. The van der Waals surface area contributed by atoms with E-state index in [0.29, 0.717) is 17.9 Å². The monoisotopic (exact) mass is 427 g/mol. The number of carbonyl (C=O) groups is 1. The van der Waals surface area contributed by atoms with E-state index in [0.717, 1.165) is 59.2 Å². The smallest absolute Gasteiger partial charge is 0.340 e. The van der Waals surface area contributed by atoms with E-state index in [4.69, 9.17) is 15.5 Å². The first kappa shape index (κ1) is 20.1. The first-order valence-electron chi connectivity index (χ1n) is 10.8. The third-order valence-electron chi connectivity index (χ3n) is 6.30. The molecule has 6 nitrogen and oxygen atoms in total. The zero-order chi connectivity index (χ0) is 22.2. The number of nitrogen functional groups attached to an aromatic ring is 1. The lowest BCUT2D eigenvalue weighted by Gasteiger charge is -2.16. The minimum atomic E-state index is -1.05. The molecule has 0 fully saturated rings. The van der Waals surface area contributed by atoms with Crippen molar-refractivity contribution in [1.29, 1.82) is 0 Å². The summed E-state index contributed by atoms with van der Waals surface area (Å²) in [6, 6.07) is 17.4. The van der Waals surface area contributed by atoms with E-state index in [2.05, 4.69) is 4.57 Å². The Morgan fingerprint density at radius 2 is 1.81 bits per heavy atom. The maximum atomic E-state index is 12.2. The van der Waals surface area contributed by atoms with Gasteiger partial charge in [-0.15, -0.1) is 0 Å². The van der Waals surface area contributed by atoms with Gasteiger partial charge in [0.1, 0.15) is 17.0 Å². The predicted molar refractivity (Wildman–Crippen MR) is 125 cm³/mol. The highest BCUT2D eigenvalue weighted by Gasteiger charge is 2.28. The summed E-state index contributed by atoms with van der Waals surface area (Å²) in [6.07, 6.45) is 3.99. The van der Waals surface area contributed by atoms with E-state index in [1.54, 1.807) is 7.11 Å². The summed E-state index contributed by atoms with van der Waals surface area (Å²) < 4.78 is 7.51. The molecular formula is C26H25N3O3. The topological polar surface area (TPSA) is 90.4 Å². The maximum Gasteiger partial charge on any atom is 0.340 e. The number of pyridine rings is 1. The lowest BCUT2D eigenvalue weighted by molar-refractivity contribution is 0.0698. The first-order valence-corrected chi connectivity index (χ1v) is 10.8. The van der Waals surface area contributed by atoms with Crippen molar-refractivity contribution in [2.75, 3.05) is 12.8 Å². The quantitative estimate of drug-likeness (QED) is 0.472. The molecular weight excluding hydrogens is 402 g/mol. The van der Waals surface area contributed by atoms with Crippen LogP contribution in [0.25, 0.3) is 22.3 Å². The number of carboxylic acid groups (broad SMARTS) is 1. The van der Waals surface area contributed by atoms with Crippen LogP contribution in [-0.2, 0) is 19.4 Å². The molecule has 1 aliphatic carbocycles. The molecule has 3 N–H and O–H groups in total. The molecule has 162 valence electrons. The number of rotatable bonds is 5. The summed E-state index contributed by atoms with van der Waals surface area (Å²) in [4.78, 5) is 17.2. The van der Waals surface area contributed by atoms with Gasteiger partial charge in [-0.05, 0) is 48.9 Å². The average molecular weight is 428 g/mol. The Morgan fingerprint density at radius 1 is 1.09 bits per heavy atom. The third-order valence-corrected chi connectivity index (χ3v) is 6.30. The lowest BCUT2D eigenvalue weighted by atomic mass is 9.94. The van der Waals surface area contributed by atoms with Crippen LogP contribution >= 0.6 is 0 Å². The second kappa shape index (κ2) is 8.04.